The SMILES string of the molecule is Cc1ccc(NC2NNNC2C(=O)Nc2ccc(F)c(Cl)c2)cc1. The van der Waals surface area contributed by atoms with E-state index in [0.717, 1.165) is 11.3 Å². The van der Waals surface area contributed by atoms with Crippen LogP contribution in [0.25, 0.3) is 0 Å². The van der Waals surface area contributed by atoms with Crippen molar-refractivity contribution in [2.45, 2.75) is 19.1 Å². The number of amides is 1. The van der Waals surface area contributed by atoms with E-state index in [1.807, 2.05) is 31.2 Å². The Morgan fingerprint density at radius 3 is 2.54 bits per heavy atom. The molecular formula is C16H17ClFN5O. The van der Waals surface area contributed by atoms with Gasteiger partial charge in [-0.25, -0.2) is 15.2 Å². The molecule has 0 saturated carbocycles. The number of hydrogen-bond acceptors (Lipinski definition) is 5. The van der Waals surface area contributed by atoms with Gasteiger partial charge in [0.1, 0.15) is 18.0 Å². The molecule has 126 valence electrons. The molecule has 24 heavy (non-hydrogen) atoms. The highest BCUT2D eigenvalue weighted by Gasteiger charge is 2.32. The van der Waals surface area contributed by atoms with E-state index in [4.69, 9.17) is 11.6 Å². The fraction of sp³-hybridized carbons (Fsp3) is 0.188. The van der Waals surface area contributed by atoms with Crippen molar-refractivity contribution < 1.29 is 9.18 Å². The number of aryl methyl sites for hydroxylation is 1. The van der Waals surface area contributed by atoms with E-state index in [-0.39, 0.29) is 17.1 Å². The van der Waals surface area contributed by atoms with Crippen LogP contribution in [0.2, 0.25) is 5.02 Å². The molecule has 1 aliphatic rings. The molecule has 1 fully saturated rings. The van der Waals surface area contributed by atoms with E-state index in [1.54, 1.807) is 0 Å². The van der Waals surface area contributed by atoms with Crippen LogP contribution in [0.5, 0.6) is 0 Å². The van der Waals surface area contributed by atoms with Crippen molar-refractivity contribution in [1.29, 1.82) is 0 Å². The van der Waals surface area contributed by atoms with Crippen LogP contribution in [0.3, 0.4) is 0 Å². The van der Waals surface area contributed by atoms with E-state index >= 15 is 0 Å². The summed E-state index contributed by atoms with van der Waals surface area (Å²) in [5.74, 6) is -0.823. The average molecular weight is 350 g/mol. The van der Waals surface area contributed by atoms with E-state index in [0.29, 0.717) is 5.69 Å². The Labute approximate surface area is 143 Å². The highest BCUT2D eigenvalue weighted by molar-refractivity contribution is 6.31. The van der Waals surface area contributed by atoms with E-state index in [9.17, 15) is 9.18 Å². The van der Waals surface area contributed by atoms with Crippen molar-refractivity contribution in [2.24, 2.45) is 0 Å². The molecule has 0 spiro atoms. The number of carbonyl (C=O) groups is 1. The number of benzene rings is 2. The van der Waals surface area contributed by atoms with Gasteiger partial charge < -0.3 is 10.6 Å². The third kappa shape index (κ3) is 3.82. The van der Waals surface area contributed by atoms with Crippen molar-refractivity contribution in [3.8, 4) is 0 Å². The lowest BCUT2D eigenvalue weighted by Gasteiger charge is -2.20. The monoisotopic (exact) mass is 349 g/mol. The minimum Gasteiger partial charge on any atom is -0.367 e. The summed E-state index contributed by atoms with van der Waals surface area (Å²) in [7, 11) is 0. The maximum Gasteiger partial charge on any atom is 0.246 e. The Kier molecular flexibility index (Phi) is 4.96. The van der Waals surface area contributed by atoms with Gasteiger partial charge in [-0.15, -0.1) is 0 Å². The fourth-order valence-electron chi connectivity index (χ4n) is 2.32. The molecule has 2 unspecified atom stereocenters. The van der Waals surface area contributed by atoms with Gasteiger partial charge in [-0.05, 0) is 37.3 Å². The third-order valence-corrected chi connectivity index (χ3v) is 3.92. The molecule has 3 rings (SSSR count). The molecule has 0 aliphatic carbocycles. The zero-order chi connectivity index (χ0) is 17.1. The molecule has 1 heterocycles. The minimum absolute atomic E-state index is 0.0437. The lowest BCUT2D eigenvalue weighted by Crippen LogP contribution is -2.47. The number of hydrogen-bond donors (Lipinski definition) is 5. The summed E-state index contributed by atoms with van der Waals surface area (Å²) in [5.41, 5.74) is 11.0. The maximum atomic E-state index is 13.2. The Morgan fingerprint density at radius 1 is 1.12 bits per heavy atom. The molecule has 0 aromatic heterocycles. The van der Waals surface area contributed by atoms with E-state index in [1.165, 1.54) is 18.2 Å². The number of anilines is 2. The highest BCUT2D eigenvalue weighted by atomic mass is 35.5. The summed E-state index contributed by atoms with van der Waals surface area (Å²) in [5, 5.41) is 5.88. The predicted molar refractivity (Wildman–Crippen MR) is 91.8 cm³/mol. The average Bonchev–Trinajstić information content (AvgIpc) is 3.01. The fourth-order valence-corrected chi connectivity index (χ4v) is 2.50. The second-order valence-electron chi connectivity index (χ2n) is 5.50. The molecule has 1 amide bonds. The van der Waals surface area contributed by atoms with Gasteiger partial charge in [0.2, 0.25) is 5.91 Å². The van der Waals surface area contributed by atoms with Gasteiger partial charge in [0, 0.05) is 11.4 Å². The van der Waals surface area contributed by atoms with Gasteiger partial charge >= 0.3 is 0 Å². The molecule has 2 atom stereocenters. The van der Waals surface area contributed by atoms with Crippen LogP contribution in [0, 0.1) is 12.7 Å². The van der Waals surface area contributed by atoms with Gasteiger partial charge in [-0.2, -0.15) is 5.53 Å². The van der Waals surface area contributed by atoms with Crippen molar-refractivity contribution in [3.63, 3.8) is 0 Å². The summed E-state index contributed by atoms with van der Waals surface area (Å²) >= 11 is 5.73. The standard InChI is InChI=1S/C16H17ClFN5O/c1-9-2-4-10(5-3-9)19-15-14(21-23-22-15)16(24)20-11-6-7-13(18)12(17)8-11/h2-8,14-15,19,21-23H,1H3,(H,20,24). The first-order valence-corrected chi connectivity index (χ1v) is 7.76. The first-order valence-electron chi connectivity index (χ1n) is 7.38. The normalized spacial score (nSPS) is 20.0. The summed E-state index contributed by atoms with van der Waals surface area (Å²) in [6.45, 7) is 2.00. The molecular weight excluding hydrogens is 333 g/mol. The molecule has 5 N–H and O–H groups in total. The van der Waals surface area contributed by atoms with Crippen LogP contribution in [0.1, 0.15) is 5.56 Å². The van der Waals surface area contributed by atoms with Crippen LogP contribution in [0.15, 0.2) is 42.5 Å². The quantitative estimate of drug-likeness (QED) is 0.584. The summed E-state index contributed by atoms with van der Waals surface area (Å²) in [6, 6.07) is 11.3. The topological polar surface area (TPSA) is 77.2 Å². The molecule has 1 saturated heterocycles. The second-order valence-corrected chi connectivity index (χ2v) is 5.90. The Bertz CT molecular complexity index is 740. The molecule has 8 heteroatoms. The smallest absolute Gasteiger partial charge is 0.246 e. The Morgan fingerprint density at radius 2 is 1.83 bits per heavy atom. The van der Waals surface area contributed by atoms with Gasteiger partial charge in [0.15, 0.2) is 0 Å². The van der Waals surface area contributed by atoms with Crippen LogP contribution < -0.4 is 27.0 Å². The first kappa shape index (κ1) is 16.7. The molecule has 1 aliphatic heterocycles. The zero-order valence-electron chi connectivity index (χ0n) is 12.9. The molecule has 2 aromatic carbocycles. The van der Waals surface area contributed by atoms with Crippen molar-refractivity contribution in [3.05, 3.63) is 58.9 Å². The first-order chi connectivity index (χ1) is 11.5. The molecule has 0 radical (unpaired) electrons. The van der Waals surface area contributed by atoms with E-state index in [2.05, 4.69) is 27.0 Å². The number of carbonyl (C=O) groups excluding carboxylic acids is 1. The summed E-state index contributed by atoms with van der Waals surface area (Å²) < 4.78 is 13.2. The number of halogens is 2. The molecule has 6 nitrogen and oxygen atoms in total. The van der Waals surface area contributed by atoms with Gasteiger partial charge in [-0.1, -0.05) is 29.3 Å². The van der Waals surface area contributed by atoms with E-state index < -0.39 is 11.9 Å². The third-order valence-electron chi connectivity index (χ3n) is 3.63. The maximum absolute atomic E-state index is 13.2. The largest absolute Gasteiger partial charge is 0.367 e. The minimum atomic E-state index is -0.588. The van der Waals surface area contributed by atoms with Crippen molar-refractivity contribution >= 4 is 28.9 Å². The van der Waals surface area contributed by atoms with Crippen LogP contribution in [-0.4, -0.2) is 18.1 Å². The Hall–Kier alpha value is -2.19. The van der Waals surface area contributed by atoms with Crippen LogP contribution in [-0.2, 0) is 4.79 Å². The summed E-state index contributed by atoms with van der Waals surface area (Å²) in [6.07, 6.45) is -0.372. The van der Waals surface area contributed by atoms with Crippen molar-refractivity contribution in [2.75, 3.05) is 10.6 Å². The van der Waals surface area contributed by atoms with Crippen molar-refractivity contribution in [1.82, 2.24) is 16.4 Å². The summed E-state index contributed by atoms with van der Waals surface area (Å²) in [4.78, 5) is 12.4. The van der Waals surface area contributed by atoms with Gasteiger partial charge in [-0.3, -0.25) is 4.79 Å². The Balaban J connectivity index is 1.66. The number of rotatable bonds is 4. The predicted octanol–water partition coefficient (Wildman–Crippen LogP) is 2.15. The lowest BCUT2D eigenvalue weighted by molar-refractivity contribution is -0.118. The zero-order valence-corrected chi connectivity index (χ0v) is 13.6. The van der Waals surface area contributed by atoms with Gasteiger partial charge in [0.25, 0.3) is 0 Å². The lowest BCUT2D eigenvalue weighted by atomic mass is 10.2. The van der Waals surface area contributed by atoms with Gasteiger partial charge in [0.05, 0.1) is 5.02 Å². The highest BCUT2D eigenvalue weighted by Crippen LogP contribution is 2.20. The van der Waals surface area contributed by atoms with Crippen LogP contribution >= 0.6 is 11.6 Å². The molecule has 0 bridgehead atoms. The number of hydrazine groups is 2. The van der Waals surface area contributed by atoms with Crippen LogP contribution in [0.4, 0.5) is 15.8 Å². The number of nitrogens with one attached hydrogen (secondary N) is 5. The molecule has 2 aromatic rings. The second kappa shape index (κ2) is 7.14.